The van der Waals surface area contributed by atoms with Gasteiger partial charge in [-0.2, -0.15) is 0 Å². The molecule has 1 aromatic carbocycles. The van der Waals surface area contributed by atoms with Gasteiger partial charge in [-0.3, -0.25) is 9.59 Å². The highest BCUT2D eigenvalue weighted by molar-refractivity contribution is 5.93. The third-order valence-corrected chi connectivity index (χ3v) is 3.52. The van der Waals surface area contributed by atoms with Crippen LogP contribution in [0.5, 0.6) is 0 Å². The molecule has 1 atom stereocenters. The zero-order valence-electron chi connectivity index (χ0n) is 13.9. The molecule has 1 amide bonds. The molecule has 0 aliphatic rings. The average Bonchev–Trinajstić information content (AvgIpc) is 2.51. The molecule has 0 bridgehead atoms. The smallest absolute Gasteiger partial charge is 0.313 e. The fourth-order valence-corrected chi connectivity index (χ4v) is 2.40. The fourth-order valence-electron chi connectivity index (χ4n) is 2.40. The molecule has 0 spiro atoms. The van der Waals surface area contributed by atoms with E-state index in [1.165, 1.54) is 0 Å². The second kappa shape index (κ2) is 9.98. The summed E-state index contributed by atoms with van der Waals surface area (Å²) < 4.78 is 5.18. The summed E-state index contributed by atoms with van der Waals surface area (Å²) >= 11 is 0. The molecule has 4 heteroatoms. The van der Waals surface area contributed by atoms with E-state index in [-0.39, 0.29) is 17.8 Å². The first-order chi connectivity index (χ1) is 10.6. The lowest BCUT2D eigenvalue weighted by atomic mass is 9.93. The van der Waals surface area contributed by atoms with Crippen LogP contribution in [-0.2, 0) is 14.3 Å². The maximum Gasteiger partial charge on any atom is 0.313 e. The molecular weight excluding hydrogens is 278 g/mol. The van der Waals surface area contributed by atoms with E-state index in [4.69, 9.17) is 4.74 Å². The summed E-state index contributed by atoms with van der Waals surface area (Å²) in [7, 11) is 0. The van der Waals surface area contributed by atoms with Gasteiger partial charge in [0.15, 0.2) is 0 Å². The highest BCUT2D eigenvalue weighted by atomic mass is 16.5. The fraction of sp³-hybridized carbons (Fsp3) is 0.556. The summed E-state index contributed by atoms with van der Waals surface area (Å²) in [4.78, 5) is 24.2. The molecule has 0 fully saturated rings. The molecule has 1 aromatic rings. The number of carbonyl (C=O) groups excluding carboxylic acids is 2. The van der Waals surface area contributed by atoms with Crippen LogP contribution in [-0.4, -0.2) is 18.5 Å². The van der Waals surface area contributed by atoms with Gasteiger partial charge in [0.25, 0.3) is 0 Å². The van der Waals surface area contributed by atoms with Crippen LogP contribution in [0, 0.1) is 0 Å². The van der Waals surface area contributed by atoms with Crippen LogP contribution in [0.4, 0.5) is 5.69 Å². The van der Waals surface area contributed by atoms with Gasteiger partial charge < -0.3 is 10.1 Å². The van der Waals surface area contributed by atoms with E-state index in [0.717, 1.165) is 30.5 Å². The minimum atomic E-state index is -0.326. The summed E-state index contributed by atoms with van der Waals surface area (Å²) in [6.07, 6.45) is 3.94. The van der Waals surface area contributed by atoms with Crippen molar-refractivity contribution < 1.29 is 14.3 Å². The molecule has 0 heterocycles. The van der Waals surface area contributed by atoms with Crippen molar-refractivity contribution >= 4 is 17.6 Å². The lowest BCUT2D eigenvalue weighted by Crippen LogP contribution is -2.19. The molecule has 0 aliphatic carbocycles. The molecule has 0 radical (unpaired) electrons. The Morgan fingerprint density at radius 2 is 1.86 bits per heavy atom. The van der Waals surface area contributed by atoms with E-state index in [2.05, 4.69) is 12.2 Å². The molecule has 22 heavy (non-hydrogen) atoms. The number of hydrogen-bond donors (Lipinski definition) is 1. The predicted molar refractivity (Wildman–Crippen MR) is 88.9 cm³/mol. The van der Waals surface area contributed by atoms with E-state index in [1.807, 2.05) is 31.2 Å². The molecule has 0 saturated heterocycles. The quantitative estimate of drug-likeness (QED) is 0.693. The Morgan fingerprint density at radius 3 is 2.50 bits per heavy atom. The van der Waals surface area contributed by atoms with Crippen molar-refractivity contribution in [2.24, 2.45) is 0 Å². The number of amides is 1. The van der Waals surface area contributed by atoms with Gasteiger partial charge in [0.1, 0.15) is 0 Å². The Kier molecular flexibility index (Phi) is 8.26. The first kappa shape index (κ1) is 18.2. The highest BCUT2D eigenvalue weighted by Gasteiger charge is 2.24. The summed E-state index contributed by atoms with van der Waals surface area (Å²) in [5, 5.41) is 2.93. The Balaban J connectivity index is 2.95. The molecule has 4 nitrogen and oxygen atoms in total. The van der Waals surface area contributed by atoms with Crippen molar-refractivity contribution in [1.82, 2.24) is 0 Å². The molecular formula is C18H27NO3. The van der Waals surface area contributed by atoms with Crippen LogP contribution in [0.2, 0.25) is 0 Å². The molecule has 122 valence electrons. The minimum Gasteiger partial charge on any atom is -0.466 e. The minimum absolute atomic E-state index is 0.00610. The summed E-state index contributed by atoms with van der Waals surface area (Å²) in [5.74, 6) is -0.555. The third kappa shape index (κ3) is 5.51. The maximum absolute atomic E-state index is 12.2. The molecule has 0 saturated carbocycles. The van der Waals surface area contributed by atoms with E-state index in [0.29, 0.717) is 19.4 Å². The highest BCUT2D eigenvalue weighted by Crippen LogP contribution is 2.29. The number of nitrogens with one attached hydrogen (secondary N) is 1. The Morgan fingerprint density at radius 1 is 1.14 bits per heavy atom. The number of esters is 1. The average molecular weight is 305 g/mol. The Hall–Kier alpha value is -1.84. The van der Waals surface area contributed by atoms with Crippen molar-refractivity contribution in [3.05, 3.63) is 29.8 Å². The van der Waals surface area contributed by atoms with Crippen LogP contribution < -0.4 is 5.32 Å². The lowest BCUT2D eigenvalue weighted by Gasteiger charge is -2.19. The lowest BCUT2D eigenvalue weighted by molar-refractivity contribution is -0.145. The van der Waals surface area contributed by atoms with Gasteiger partial charge in [-0.15, -0.1) is 0 Å². The first-order valence-corrected chi connectivity index (χ1v) is 8.19. The van der Waals surface area contributed by atoms with Gasteiger partial charge in [-0.1, -0.05) is 44.9 Å². The monoisotopic (exact) mass is 305 g/mol. The SMILES string of the molecule is CCCCC(=O)Nc1ccccc1C(CCC)C(=O)OCC. The second-order valence-electron chi connectivity index (χ2n) is 5.33. The summed E-state index contributed by atoms with van der Waals surface area (Å²) in [6.45, 7) is 6.26. The first-order valence-electron chi connectivity index (χ1n) is 8.19. The van der Waals surface area contributed by atoms with Gasteiger partial charge in [0.2, 0.25) is 5.91 Å². The topological polar surface area (TPSA) is 55.4 Å². The zero-order valence-corrected chi connectivity index (χ0v) is 13.9. The standard InChI is InChI=1S/C18H27NO3/c1-4-7-13-17(20)19-16-12-9-8-11-14(16)15(10-5-2)18(21)22-6-3/h8-9,11-12,15H,4-7,10,13H2,1-3H3,(H,19,20). The van der Waals surface area contributed by atoms with Crippen molar-refractivity contribution in [2.45, 2.75) is 58.8 Å². The maximum atomic E-state index is 12.2. The number of para-hydroxylation sites is 1. The Labute approximate surface area is 133 Å². The normalized spacial score (nSPS) is 11.8. The van der Waals surface area contributed by atoms with E-state index in [9.17, 15) is 9.59 Å². The van der Waals surface area contributed by atoms with Gasteiger partial charge in [0, 0.05) is 12.1 Å². The van der Waals surface area contributed by atoms with E-state index < -0.39 is 0 Å². The number of benzene rings is 1. The van der Waals surface area contributed by atoms with Gasteiger partial charge in [-0.05, 0) is 31.4 Å². The molecule has 0 aromatic heterocycles. The summed E-state index contributed by atoms with van der Waals surface area (Å²) in [5.41, 5.74) is 1.56. The van der Waals surface area contributed by atoms with Crippen molar-refractivity contribution in [3.8, 4) is 0 Å². The third-order valence-electron chi connectivity index (χ3n) is 3.52. The molecule has 1 N–H and O–H groups in total. The van der Waals surface area contributed by atoms with Crippen molar-refractivity contribution in [2.75, 3.05) is 11.9 Å². The van der Waals surface area contributed by atoms with Gasteiger partial charge in [-0.25, -0.2) is 0 Å². The number of anilines is 1. The van der Waals surface area contributed by atoms with Crippen LogP contribution in [0.25, 0.3) is 0 Å². The van der Waals surface area contributed by atoms with Gasteiger partial charge in [0.05, 0.1) is 12.5 Å². The zero-order chi connectivity index (χ0) is 16.4. The molecule has 1 unspecified atom stereocenters. The van der Waals surface area contributed by atoms with Crippen LogP contribution in [0.1, 0.15) is 64.4 Å². The summed E-state index contributed by atoms with van der Waals surface area (Å²) in [6, 6.07) is 7.50. The number of carbonyl (C=O) groups is 2. The van der Waals surface area contributed by atoms with Crippen LogP contribution in [0.15, 0.2) is 24.3 Å². The number of rotatable bonds is 9. The number of unbranched alkanes of at least 4 members (excludes halogenated alkanes) is 1. The number of ether oxygens (including phenoxy) is 1. The Bertz CT molecular complexity index is 485. The van der Waals surface area contributed by atoms with Crippen molar-refractivity contribution in [1.29, 1.82) is 0 Å². The predicted octanol–water partition coefficient (Wildman–Crippen LogP) is 4.26. The van der Waals surface area contributed by atoms with Crippen LogP contribution in [0.3, 0.4) is 0 Å². The van der Waals surface area contributed by atoms with Gasteiger partial charge >= 0.3 is 5.97 Å². The van der Waals surface area contributed by atoms with Crippen LogP contribution >= 0.6 is 0 Å². The van der Waals surface area contributed by atoms with Crippen molar-refractivity contribution in [3.63, 3.8) is 0 Å². The number of hydrogen-bond acceptors (Lipinski definition) is 3. The molecule has 1 rings (SSSR count). The van der Waals surface area contributed by atoms with E-state index >= 15 is 0 Å². The van der Waals surface area contributed by atoms with E-state index in [1.54, 1.807) is 6.92 Å². The molecule has 0 aliphatic heterocycles. The largest absolute Gasteiger partial charge is 0.466 e. The second-order valence-corrected chi connectivity index (χ2v) is 5.33.